The third-order valence-corrected chi connectivity index (χ3v) is 4.66. The Morgan fingerprint density at radius 3 is 2.86 bits per heavy atom. The van der Waals surface area contributed by atoms with Gasteiger partial charge in [-0.25, -0.2) is 4.79 Å². The van der Waals surface area contributed by atoms with Crippen molar-refractivity contribution in [3.63, 3.8) is 0 Å². The van der Waals surface area contributed by atoms with Crippen molar-refractivity contribution in [2.45, 2.75) is 38.6 Å². The Morgan fingerprint density at radius 1 is 1.23 bits per heavy atom. The minimum atomic E-state index is -0.523. The van der Waals surface area contributed by atoms with Crippen molar-refractivity contribution in [1.29, 1.82) is 0 Å². The summed E-state index contributed by atoms with van der Waals surface area (Å²) >= 11 is 0. The van der Waals surface area contributed by atoms with Gasteiger partial charge in [0, 0.05) is 29.2 Å². The number of fused-ring (bicyclic) bond motifs is 1. The minimum absolute atomic E-state index is 0.479. The molecule has 1 aromatic carbocycles. The molecule has 1 saturated carbocycles. The number of aromatic nitrogens is 3. The third kappa shape index (κ3) is 2.47. The molecule has 114 valence electrons. The number of aromatic amines is 1. The quantitative estimate of drug-likeness (QED) is 0.804. The summed E-state index contributed by atoms with van der Waals surface area (Å²) in [5.41, 5.74) is 2.11. The third-order valence-electron chi connectivity index (χ3n) is 4.66. The van der Waals surface area contributed by atoms with Crippen molar-refractivity contribution in [2.24, 2.45) is 5.92 Å². The van der Waals surface area contributed by atoms with E-state index in [9.17, 15) is 4.79 Å². The van der Waals surface area contributed by atoms with Gasteiger partial charge in [-0.15, -0.1) is 0 Å². The molecule has 5 heteroatoms. The second kappa shape index (κ2) is 5.48. The highest BCUT2D eigenvalue weighted by molar-refractivity contribution is 5.84. The van der Waals surface area contributed by atoms with Crippen molar-refractivity contribution in [3.8, 4) is 11.4 Å². The molecule has 1 fully saturated rings. The number of rotatable bonds is 3. The number of hydrogen-bond donors (Lipinski definition) is 1. The fourth-order valence-electron chi connectivity index (χ4n) is 3.51. The van der Waals surface area contributed by atoms with Crippen LogP contribution in [0.3, 0.4) is 0 Å². The second-order valence-corrected chi connectivity index (χ2v) is 6.19. The van der Waals surface area contributed by atoms with Crippen LogP contribution in [0.4, 0.5) is 0 Å². The maximum absolute atomic E-state index is 11.1. The molecule has 1 N–H and O–H groups in total. The van der Waals surface area contributed by atoms with Crippen LogP contribution in [0.2, 0.25) is 0 Å². The Labute approximate surface area is 127 Å². The monoisotopic (exact) mass is 297 g/mol. The Hall–Kier alpha value is -2.30. The molecule has 0 radical (unpaired) electrons. The van der Waals surface area contributed by atoms with Gasteiger partial charge in [0.2, 0.25) is 0 Å². The maximum Gasteiger partial charge on any atom is 0.439 e. The number of benzene rings is 1. The van der Waals surface area contributed by atoms with Crippen LogP contribution < -0.4 is 5.76 Å². The van der Waals surface area contributed by atoms with Crippen LogP contribution in [0, 0.1) is 5.92 Å². The van der Waals surface area contributed by atoms with Crippen LogP contribution in [0.5, 0.6) is 0 Å². The summed E-state index contributed by atoms with van der Waals surface area (Å²) in [5, 5.41) is 4.91. The Bertz CT molecular complexity index is 837. The molecular formula is C17H19N3O2. The lowest BCUT2D eigenvalue weighted by Crippen LogP contribution is -2.13. The van der Waals surface area contributed by atoms with E-state index in [-0.39, 0.29) is 0 Å². The van der Waals surface area contributed by atoms with Gasteiger partial charge in [0.1, 0.15) is 0 Å². The molecule has 0 spiro atoms. The fraction of sp³-hybridized carbons (Fsp3) is 0.412. The van der Waals surface area contributed by atoms with E-state index in [4.69, 9.17) is 0 Å². The molecule has 0 bridgehead atoms. The van der Waals surface area contributed by atoms with Gasteiger partial charge in [-0.05, 0) is 43.0 Å². The summed E-state index contributed by atoms with van der Waals surface area (Å²) in [6.45, 7) is 1.10. The zero-order valence-electron chi connectivity index (χ0n) is 12.4. The van der Waals surface area contributed by atoms with Gasteiger partial charge >= 0.3 is 5.76 Å². The van der Waals surface area contributed by atoms with Crippen molar-refractivity contribution >= 4 is 10.9 Å². The van der Waals surface area contributed by atoms with E-state index in [0.29, 0.717) is 5.82 Å². The highest BCUT2D eigenvalue weighted by Crippen LogP contribution is 2.28. The Balaban J connectivity index is 1.63. The number of H-pyrrole nitrogens is 1. The predicted molar refractivity (Wildman–Crippen MR) is 84.6 cm³/mol. The lowest BCUT2D eigenvalue weighted by Gasteiger charge is -2.22. The minimum Gasteiger partial charge on any atom is -0.347 e. The summed E-state index contributed by atoms with van der Waals surface area (Å²) in [6, 6.07) is 8.24. The molecule has 4 rings (SSSR count). The second-order valence-electron chi connectivity index (χ2n) is 6.19. The first-order chi connectivity index (χ1) is 10.8. The van der Waals surface area contributed by atoms with Crippen molar-refractivity contribution < 1.29 is 4.52 Å². The van der Waals surface area contributed by atoms with E-state index in [1.807, 2.05) is 12.1 Å². The fourth-order valence-corrected chi connectivity index (χ4v) is 3.51. The molecule has 0 amide bonds. The van der Waals surface area contributed by atoms with E-state index in [2.05, 4.69) is 37.6 Å². The first-order valence-corrected chi connectivity index (χ1v) is 7.95. The first kappa shape index (κ1) is 13.4. The van der Waals surface area contributed by atoms with Crippen LogP contribution in [-0.2, 0) is 6.54 Å². The molecule has 0 atom stereocenters. The van der Waals surface area contributed by atoms with Crippen molar-refractivity contribution in [2.75, 3.05) is 0 Å². The van der Waals surface area contributed by atoms with Gasteiger partial charge in [0.05, 0.1) is 0 Å². The summed E-state index contributed by atoms with van der Waals surface area (Å²) in [6.07, 6.45) is 8.98. The van der Waals surface area contributed by atoms with E-state index < -0.39 is 5.76 Å². The number of hydrogen-bond acceptors (Lipinski definition) is 3. The lowest BCUT2D eigenvalue weighted by molar-refractivity contribution is 0.322. The average molecular weight is 297 g/mol. The van der Waals surface area contributed by atoms with Crippen LogP contribution in [0.15, 0.2) is 39.8 Å². The van der Waals surface area contributed by atoms with Crippen molar-refractivity contribution in [1.82, 2.24) is 14.7 Å². The van der Waals surface area contributed by atoms with Crippen LogP contribution in [-0.4, -0.2) is 14.7 Å². The molecule has 5 nitrogen and oxygen atoms in total. The van der Waals surface area contributed by atoms with E-state index in [1.54, 1.807) is 0 Å². The predicted octanol–water partition coefficient (Wildman–Crippen LogP) is 3.56. The van der Waals surface area contributed by atoms with E-state index >= 15 is 0 Å². The van der Waals surface area contributed by atoms with Crippen LogP contribution in [0.1, 0.15) is 32.1 Å². The zero-order chi connectivity index (χ0) is 14.9. The molecule has 0 aliphatic heterocycles. The molecule has 2 heterocycles. The van der Waals surface area contributed by atoms with Crippen molar-refractivity contribution in [3.05, 3.63) is 41.0 Å². The van der Waals surface area contributed by atoms with Gasteiger partial charge in [0.25, 0.3) is 0 Å². The Morgan fingerprint density at radius 2 is 2.09 bits per heavy atom. The molecule has 1 aliphatic carbocycles. The van der Waals surface area contributed by atoms with Gasteiger partial charge in [-0.2, -0.15) is 0 Å². The maximum atomic E-state index is 11.1. The normalized spacial score (nSPS) is 16.4. The summed E-state index contributed by atoms with van der Waals surface area (Å²) < 4.78 is 6.92. The lowest BCUT2D eigenvalue weighted by atomic mass is 9.89. The average Bonchev–Trinajstić information content (AvgIpc) is 3.15. The van der Waals surface area contributed by atoms with Gasteiger partial charge < -0.3 is 4.57 Å². The Kier molecular flexibility index (Phi) is 3.33. The highest BCUT2D eigenvalue weighted by atomic mass is 16.5. The van der Waals surface area contributed by atoms with Crippen LogP contribution >= 0.6 is 0 Å². The standard InChI is InChI=1S/C17H19N3O2/c21-17-18-16(19-22-17)14-6-7-15-13(10-14)8-9-20(15)11-12-4-2-1-3-5-12/h6-10,12H,1-5,11H2,(H,18,19,21). The number of nitrogens with zero attached hydrogens (tertiary/aromatic N) is 2. The molecule has 0 unspecified atom stereocenters. The highest BCUT2D eigenvalue weighted by Gasteiger charge is 2.15. The molecule has 3 aromatic rings. The van der Waals surface area contributed by atoms with Gasteiger partial charge in [0.15, 0.2) is 5.82 Å². The summed E-state index contributed by atoms with van der Waals surface area (Å²) in [7, 11) is 0. The molecule has 1 aliphatic rings. The smallest absolute Gasteiger partial charge is 0.347 e. The molecule has 2 aromatic heterocycles. The zero-order valence-corrected chi connectivity index (χ0v) is 12.4. The number of nitrogens with one attached hydrogen (secondary N) is 1. The first-order valence-electron chi connectivity index (χ1n) is 7.95. The van der Waals surface area contributed by atoms with Crippen LogP contribution in [0.25, 0.3) is 22.3 Å². The van der Waals surface area contributed by atoms with Gasteiger partial charge in [-0.3, -0.25) is 9.51 Å². The molecular weight excluding hydrogens is 278 g/mol. The van der Waals surface area contributed by atoms with E-state index in [0.717, 1.165) is 23.4 Å². The SMILES string of the molecule is O=c1[nH]c(-c2ccc3c(ccn3CC3CCCCC3)c2)no1. The topological polar surface area (TPSA) is 63.8 Å². The summed E-state index contributed by atoms with van der Waals surface area (Å²) in [5.74, 6) is 0.757. The largest absolute Gasteiger partial charge is 0.439 e. The molecule has 22 heavy (non-hydrogen) atoms. The molecule has 0 saturated heterocycles. The van der Waals surface area contributed by atoms with E-state index in [1.165, 1.54) is 37.6 Å². The van der Waals surface area contributed by atoms with Gasteiger partial charge in [-0.1, -0.05) is 24.4 Å². The summed E-state index contributed by atoms with van der Waals surface area (Å²) in [4.78, 5) is 13.7.